The summed E-state index contributed by atoms with van der Waals surface area (Å²) in [4.78, 5) is 23.5. The zero-order valence-corrected chi connectivity index (χ0v) is 13.0. The molecule has 0 unspecified atom stereocenters. The highest BCUT2D eigenvalue weighted by Crippen LogP contribution is 2.38. The van der Waals surface area contributed by atoms with E-state index in [0.29, 0.717) is 18.8 Å². The van der Waals surface area contributed by atoms with E-state index < -0.39 is 17.0 Å². The molecule has 0 heterocycles. The van der Waals surface area contributed by atoms with Crippen LogP contribution in [0.25, 0.3) is 0 Å². The van der Waals surface area contributed by atoms with Gasteiger partial charge >= 0.3 is 5.97 Å². The Morgan fingerprint density at radius 2 is 1.90 bits per heavy atom. The van der Waals surface area contributed by atoms with Gasteiger partial charge < -0.3 is 15.2 Å². The van der Waals surface area contributed by atoms with Crippen molar-refractivity contribution >= 4 is 11.9 Å². The van der Waals surface area contributed by atoms with Crippen LogP contribution in [0.4, 0.5) is 0 Å². The van der Waals surface area contributed by atoms with E-state index in [2.05, 4.69) is 12.2 Å². The molecule has 0 bridgehead atoms. The summed E-state index contributed by atoms with van der Waals surface area (Å²) in [5, 5.41) is 12.3. The van der Waals surface area contributed by atoms with Gasteiger partial charge in [-0.1, -0.05) is 6.92 Å². The van der Waals surface area contributed by atoms with Crippen molar-refractivity contribution in [2.24, 2.45) is 11.3 Å². The molecule has 0 aliphatic heterocycles. The van der Waals surface area contributed by atoms with Crippen LogP contribution in [0.1, 0.15) is 52.9 Å². The molecule has 0 radical (unpaired) electrons. The molecule has 0 aromatic carbocycles. The first-order chi connectivity index (χ1) is 9.21. The Bertz CT molecular complexity index is 357. The van der Waals surface area contributed by atoms with Crippen molar-refractivity contribution in [3.8, 4) is 0 Å². The average molecular weight is 285 g/mol. The van der Waals surface area contributed by atoms with Crippen LogP contribution < -0.4 is 5.32 Å². The third-order valence-electron chi connectivity index (χ3n) is 4.45. The van der Waals surface area contributed by atoms with Crippen molar-refractivity contribution in [2.75, 3.05) is 13.7 Å². The summed E-state index contributed by atoms with van der Waals surface area (Å²) in [6.45, 7) is 6.03. The van der Waals surface area contributed by atoms with Gasteiger partial charge in [0, 0.05) is 13.7 Å². The van der Waals surface area contributed by atoms with Crippen molar-refractivity contribution in [3.63, 3.8) is 0 Å². The SMILES string of the molecule is COC(C)(C)CC(=O)NCC1(C(=O)O)CCC(C)CC1. The van der Waals surface area contributed by atoms with Crippen LogP contribution in [0.15, 0.2) is 0 Å². The largest absolute Gasteiger partial charge is 0.481 e. The molecular weight excluding hydrogens is 258 g/mol. The van der Waals surface area contributed by atoms with E-state index in [0.717, 1.165) is 12.8 Å². The topological polar surface area (TPSA) is 75.6 Å². The lowest BCUT2D eigenvalue weighted by molar-refractivity contribution is -0.151. The Labute approximate surface area is 121 Å². The lowest BCUT2D eigenvalue weighted by Gasteiger charge is -2.36. The monoisotopic (exact) mass is 285 g/mol. The molecule has 1 aliphatic carbocycles. The van der Waals surface area contributed by atoms with Crippen molar-refractivity contribution < 1.29 is 19.4 Å². The molecule has 0 atom stereocenters. The number of amides is 1. The van der Waals surface area contributed by atoms with Gasteiger partial charge in [0.25, 0.3) is 0 Å². The molecule has 1 saturated carbocycles. The summed E-state index contributed by atoms with van der Waals surface area (Å²) in [7, 11) is 1.56. The molecule has 1 aliphatic rings. The fraction of sp³-hybridized carbons (Fsp3) is 0.867. The van der Waals surface area contributed by atoms with Crippen LogP contribution in [-0.4, -0.2) is 36.2 Å². The number of hydrogen-bond acceptors (Lipinski definition) is 3. The number of methoxy groups -OCH3 is 1. The zero-order valence-electron chi connectivity index (χ0n) is 13.0. The number of aliphatic carboxylic acids is 1. The van der Waals surface area contributed by atoms with E-state index in [4.69, 9.17) is 4.74 Å². The number of carboxylic acid groups (broad SMARTS) is 1. The van der Waals surface area contributed by atoms with Gasteiger partial charge in [-0.05, 0) is 45.4 Å². The number of carboxylic acids is 1. The molecule has 116 valence electrons. The summed E-state index contributed by atoms with van der Waals surface area (Å²) in [5.41, 5.74) is -1.32. The van der Waals surface area contributed by atoms with Gasteiger partial charge in [0.15, 0.2) is 0 Å². The number of carbonyl (C=O) groups excluding carboxylic acids is 1. The number of hydrogen-bond donors (Lipinski definition) is 2. The minimum atomic E-state index is -0.796. The maximum absolute atomic E-state index is 11.9. The maximum Gasteiger partial charge on any atom is 0.311 e. The van der Waals surface area contributed by atoms with Crippen molar-refractivity contribution in [3.05, 3.63) is 0 Å². The molecule has 0 aromatic rings. The van der Waals surface area contributed by atoms with E-state index in [1.807, 2.05) is 13.8 Å². The van der Waals surface area contributed by atoms with Gasteiger partial charge in [0.2, 0.25) is 5.91 Å². The van der Waals surface area contributed by atoms with Crippen molar-refractivity contribution in [1.82, 2.24) is 5.32 Å². The van der Waals surface area contributed by atoms with Crippen molar-refractivity contribution in [1.29, 1.82) is 0 Å². The molecule has 0 aromatic heterocycles. The molecule has 0 saturated heterocycles. The second-order valence-electron chi connectivity index (χ2n) is 6.69. The molecule has 5 heteroatoms. The third kappa shape index (κ3) is 4.47. The lowest BCUT2D eigenvalue weighted by Crippen LogP contribution is -2.46. The molecule has 1 amide bonds. The molecule has 1 fully saturated rings. The quantitative estimate of drug-likeness (QED) is 0.784. The highest BCUT2D eigenvalue weighted by atomic mass is 16.5. The van der Waals surface area contributed by atoms with E-state index in [1.165, 1.54) is 0 Å². The summed E-state index contributed by atoms with van der Waals surface area (Å²) >= 11 is 0. The second-order valence-corrected chi connectivity index (χ2v) is 6.69. The maximum atomic E-state index is 11.9. The van der Waals surface area contributed by atoms with E-state index in [9.17, 15) is 14.7 Å². The Balaban J connectivity index is 2.56. The van der Waals surface area contributed by atoms with Crippen LogP contribution in [-0.2, 0) is 14.3 Å². The smallest absolute Gasteiger partial charge is 0.311 e. The van der Waals surface area contributed by atoms with Gasteiger partial charge in [-0.2, -0.15) is 0 Å². The normalized spacial score (nSPS) is 27.1. The summed E-state index contributed by atoms with van der Waals surface area (Å²) in [6.07, 6.45) is 3.32. The Morgan fingerprint density at radius 1 is 1.35 bits per heavy atom. The number of nitrogens with one attached hydrogen (secondary N) is 1. The van der Waals surface area contributed by atoms with Gasteiger partial charge in [-0.15, -0.1) is 0 Å². The average Bonchev–Trinajstić information content (AvgIpc) is 2.38. The minimum absolute atomic E-state index is 0.156. The van der Waals surface area contributed by atoms with Crippen LogP contribution in [0.2, 0.25) is 0 Å². The highest BCUT2D eigenvalue weighted by molar-refractivity contribution is 5.79. The predicted octanol–water partition coefficient (Wildman–Crippen LogP) is 2.20. The summed E-state index contributed by atoms with van der Waals surface area (Å²) < 4.78 is 5.21. The molecular formula is C15H27NO4. The molecule has 0 spiro atoms. The Hall–Kier alpha value is -1.10. The zero-order chi connectivity index (χ0) is 15.4. The van der Waals surface area contributed by atoms with Gasteiger partial charge in [0.1, 0.15) is 0 Å². The van der Waals surface area contributed by atoms with Crippen LogP contribution in [0.5, 0.6) is 0 Å². The first-order valence-electron chi connectivity index (χ1n) is 7.26. The first kappa shape index (κ1) is 17.0. The van der Waals surface area contributed by atoms with Gasteiger partial charge in [-0.3, -0.25) is 9.59 Å². The van der Waals surface area contributed by atoms with E-state index >= 15 is 0 Å². The number of rotatable bonds is 6. The van der Waals surface area contributed by atoms with Crippen molar-refractivity contribution in [2.45, 2.75) is 58.5 Å². The van der Waals surface area contributed by atoms with E-state index in [-0.39, 0.29) is 18.9 Å². The molecule has 5 nitrogen and oxygen atoms in total. The van der Waals surface area contributed by atoms with Crippen LogP contribution in [0, 0.1) is 11.3 Å². The summed E-state index contributed by atoms with van der Waals surface area (Å²) in [6, 6.07) is 0. The lowest BCUT2D eigenvalue weighted by atomic mass is 9.71. The fourth-order valence-corrected chi connectivity index (χ4v) is 2.57. The van der Waals surface area contributed by atoms with Gasteiger partial charge in [0.05, 0.1) is 17.4 Å². The predicted molar refractivity (Wildman–Crippen MR) is 76.4 cm³/mol. The highest BCUT2D eigenvalue weighted by Gasteiger charge is 2.41. The molecule has 20 heavy (non-hydrogen) atoms. The van der Waals surface area contributed by atoms with Gasteiger partial charge in [-0.25, -0.2) is 0 Å². The fourth-order valence-electron chi connectivity index (χ4n) is 2.57. The first-order valence-corrected chi connectivity index (χ1v) is 7.26. The molecule has 1 rings (SSSR count). The minimum Gasteiger partial charge on any atom is -0.481 e. The van der Waals surface area contributed by atoms with E-state index in [1.54, 1.807) is 7.11 Å². The van der Waals surface area contributed by atoms with Crippen LogP contribution in [0.3, 0.4) is 0 Å². The standard InChI is InChI=1S/C15H27NO4/c1-11-5-7-15(8-6-11,13(18)19)10-16-12(17)9-14(2,3)20-4/h11H,5-10H2,1-4H3,(H,16,17)(H,18,19). The Morgan fingerprint density at radius 3 is 2.35 bits per heavy atom. The number of ether oxygens (including phenoxy) is 1. The second kappa shape index (κ2) is 6.57. The summed E-state index contributed by atoms with van der Waals surface area (Å²) in [5.74, 6) is -0.377. The Kier molecular flexibility index (Phi) is 5.57. The number of carbonyl (C=O) groups is 2. The molecule has 2 N–H and O–H groups in total. The van der Waals surface area contributed by atoms with Crippen LogP contribution >= 0.6 is 0 Å². The third-order valence-corrected chi connectivity index (χ3v) is 4.45.